The molecular formula is C22H20FN3O. The Balaban J connectivity index is 1.72. The zero-order valence-corrected chi connectivity index (χ0v) is 15.2. The Morgan fingerprint density at radius 3 is 2.44 bits per heavy atom. The second-order valence-electron chi connectivity index (χ2n) is 6.81. The standard InChI is InChI=1S/C22H20FN3O/c1-14-5-3-6-15(2)19(14)25-21-20-18(7-4-12-24-20)22(27)26(21)13-16-8-10-17(23)11-9-16/h3-12,21,25H,13H2,1-2H3/t21-/m1/s1. The molecule has 5 heteroatoms. The van der Waals surface area contributed by atoms with Crippen molar-refractivity contribution < 1.29 is 9.18 Å². The number of hydrogen-bond acceptors (Lipinski definition) is 3. The molecule has 3 aromatic rings. The van der Waals surface area contributed by atoms with Gasteiger partial charge in [0.2, 0.25) is 0 Å². The van der Waals surface area contributed by atoms with Crippen molar-refractivity contribution in [1.29, 1.82) is 0 Å². The summed E-state index contributed by atoms with van der Waals surface area (Å²) in [7, 11) is 0. The van der Waals surface area contributed by atoms with Crippen LogP contribution < -0.4 is 5.32 Å². The molecule has 1 aliphatic heterocycles. The van der Waals surface area contributed by atoms with Gasteiger partial charge < -0.3 is 10.2 Å². The van der Waals surface area contributed by atoms with Crippen molar-refractivity contribution in [3.05, 3.63) is 94.6 Å². The van der Waals surface area contributed by atoms with Crippen molar-refractivity contribution in [2.24, 2.45) is 0 Å². The molecule has 27 heavy (non-hydrogen) atoms. The fourth-order valence-corrected chi connectivity index (χ4v) is 3.51. The van der Waals surface area contributed by atoms with Gasteiger partial charge in [0.15, 0.2) is 0 Å². The lowest BCUT2D eigenvalue weighted by Gasteiger charge is -2.28. The Kier molecular flexibility index (Phi) is 4.36. The molecule has 0 saturated carbocycles. The summed E-state index contributed by atoms with van der Waals surface area (Å²) in [6.07, 6.45) is 1.32. The van der Waals surface area contributed by atoms with Gasteiger partial charge in [0.05, 0.1) is 11.3 Å². The van der Waals surface area contributed by atoms with Crippen LogP contribution in [-0.2, 0) is 6.54 Å². The van der Waals surface area contributed by atoms with Crippen LogP contribution in [0.3, 0.4) is 0 Å². The molecule has 2 aromatic carbocycles. The average Bonchev–Trinajstić information content (AvgIpc) is 2.92. The highest BCUT2D eigenvalue weighted by molar-refractivity contribution is 5.99. The largest absolute Gasteiger partial charge is 0.360 e. The van der Waals surface area contributed by atoms with Crippen LogP contribution in [-0.4, -0.2) is 15.8 Å². The molecule has 0 unspecified atom stereocenters. The lowest BCUT2D eigenvalue weighted by molar-refractivity contribution is 0.0727. The third kappa shape index (κ3) is 3.16. The number of hydrogen-bond donors (Lipinski definition) is 1. The Morgan fingerprint density at radius 2 is 1.74 bits per heavy atom. The third-order valence-electron chi connectivity index (χ3n) is 4.93. The van der Waals surface area contributed by atoms with Gasteiger partial charge in [-0.1, -0.05) is 30.3 Å². The van der Waals surface area contributed by atoms with Gasteiger partial charge in [-0.3, -0.25) is 9.78 Å². The zero-order chi connectivity index (χ0) is 19.0. The minimum absolute atomic E-state index is 0.0776. The monoisotopic (exact) mass is 361 g/mol. The third-order valence-corrected chi connectivity index (χ3v) is 4.93. The molecule has 0 bridgehead atoms. The fourth-order valence-electron chi connectivity index (χ4n) is 3.51. The molecule has 1 aromatic heterocycles. The summed E-state index contributed by atoms with van der Waals surface area (Å²) in [5, 5.41) is 3.51. The van der Waals surface area contributed by atoms with E-state index >= 15 is 0 Å². The van der Waals surface area contributed by atoms with E-state index in [0.29, 0.717) is 17.8 Å². The second-order valence-corrected chi connectivity index (χ2v) is 6.81. The predicted molar refractivity (Wildman–Crippen MR) is 103 cm³/mol. The predicted octanol–water partition coefficient (Wildman–Crippen LogP) is 4.60. The van der Waals surface area contributed by atoms with Crippen molar-refractivity contribution in [1.82, 2.24) is 9.88 Å². The first kappa shape index (κ1) is 17.2. The highest BCUT2D eigenvalue weighted by atomic mass is 19.1. The molecule has 1 atom stereocenters. The second kappa shape index (κ2) is 6.83. The van der Waals surface area contributed by atoms with E-state index in [4.69, 9.17) is 0 Å². The lowest BCUT2D eigenvalue weighted by atomic mass is 10.1. The lowest BCUT2D eigenvalue weighted by Crippen LogP contribution is -2.32. The summed E-state index contributed by atoms with van der Waals surface area (Å²) in [6.45, 7) is 4.45. The maximum absolute atomic E-state index is 13.2. The number of aryl methyl sites for hydroxylation is 2. The summed E-state index contributed by atoms with van der Waals surface area (Å²) < 4.78 is 13.2. The summed E-state index contributed by atoms with van der Waals surface area (Å²) in [5.41, 5.74) is 5.39. The van der Waals surface area contributed by atoms with E-state index < -0.39 is 0 Å². The smallest absolute Gasteiger partial charge is 0.258 e. The Bertz CT molecular complexity index is 980. The maximum atomic E-state index is 13.2. The van der Waals surface area contributed by atoms with E-state index in [0.717, 1.165) is 22.4 Å². The number of carbonyl (C=O) groups excluding carboxylic acids is 1. The van der Waals surface area contributed by atoms with Crippen LogP contribution in [0, 0.1) is 19.7 Å². The first-order valence-electron chi connectivity index (χ1n) is 8.87. The fraction of sp³-hybridized carbons (Fsp3) is 0.182. The molecule has 0 saturated heterocycles. The van der Waals surface area contributed by atoms with Gasteiger partial charge in [-0.15, -0.1) is 0 Å². The van der Waals surface area contributed by atoms with E-state index in [1.807, 2.05) is 32.0 Å². The zero-order valence-electron chi connectivity index (χ0n) is 15.2. The van der Waals surface area contributed by atoms with Crippen LogP contribution in [0.1, 0.15) is 38.9 Å². The van der Waals surface area contributed by atoms with Gasteiger partial charge in [0.1, 0.15) is 12.0 Å². The van der Waals surface area contributed by atoms with Gasteiger partial charge in [-0.25, -0.2) is 4.39 Å². The highest BCUT2D eigenvalue weighted by Crippen LogP contribution is 2.35. The summed E-state index contributed by atoms with van der Waals surface area (Å²) in [5.74, 6) is -0.368. The number of anilines is 1. The van der Waals surface area contributed by atoms with Gasteiger partial charge in [-0.05, 0) is 54.8 Å². The molecule has 0 spiro atoms. The Hall–Kier alpha value is -3.21. The molecule has 0 aliphatic carbocycles. The highest BCUT2D eigenvalue weighted by Gasteiger charge is 2.38. The van der Waals surface area contributed by atoms with Crippen LogP contribution >= 0.6 is 0 Å². The van der Waals surface area contributed by atoms with Crippen molar-refractivity contribution in [3.63, 3.8) is 0 Å². The number of halogens is 1. The number of para-hydroxylation sites is 1. The number of carbonyl (C=O) groups is 1. The molecule has 0 fully saturated rings. The van der Waals surface area contributed by atoms with Crippen LogP contribution in [0.15, 0.2) is 60.8 Å². The Labute approximate surface area is 157 Å². The molecule has 2 heterocycles. The maximum Gasteiger partial charge on any atom is 0.258 e. The number of rotatable bonds is 4. The number of nitrogens with zero attached hydrogens (tertiary/aromatic N) is 2. The quantitative estimate of drug-likeness (QED) is 0.738. The number of benzene rings is 2. The first-order valence-corrected chi connectivity index (χ1v) is 8.87. The van der Waals surface area contributed by atoms with Crippen molar-refractivity contribution in [2.75, 3.05) is 5.32 Å². The number of fused-ring (bicyclic) bond motifs is 1. The van der Waals surface area contributed by atoms with E-state index in [1.165, 1.54) is 12.1 Å². The van der Waals surface area contributed by atoms with Gasteiger partial charge in [0, 0.05) is 18.4 Å². The minimum Gasteiger partial charge on any atom is -0.360 e. The molecule has 1 aliphatic rings. The summed E-state index contributed by atoms with van der Waals surface area (Å²) in [4.78, 5) is 19.2. The molecule has 4 nitrogen and oxygen atoms in total. The van der Waals surface area contributed by atoms with Crippen molar-refractivity contribution >= 4 is 11.6 Å². The number of amides is 1. The topological polar surface area (TPSA) is 45.2 Å². The van der Waals surface area contributed by atoms with Gasteiger partial charge in [0.25, 0.3) is 5.91 Å². The summed E-state index contributed by atoms with van der Waals surface area (Å²) in [6, 6.07) is 15.9. The van der Waals surface area contributed by atoms with Crippen LogP contribution in [0.25, 0.3) is 0 Å². The Morgan fingerprint density at radius 1 is 1.04 bits per heavy atom. The molecular weight excluding hydrogens is 341 g/mol. The van der Waals surface area contributed by atoms with E-state index in [2.05, 4.69) is 10.3 Å². The molecule has 136 valence electrons. The number of aromatic nitrogens is 1. The number of nitrogens with one attached hydrogen (secondary N) is 1. The minimum atomic E-state index is -0.376. The van der Waals surface area contributed by atoms with Crippen molar-refractivity contribution in [3.8, 4) is 0 Å². The van der Waals surface area contributed by atoms with Crippen LogP contribution in [0.5, 0.6) is 0 Å². The van der Waals surface area contributed by atoms with Crippen molar-refractivity contribution in [2.45, 2.75) is 26.6 Å². The van der Waals surface area contributed by atoms with Gasteiger partial charge >= 0.3 is 0 Å². The van der Waals surface area contributed by atoms with E-state index in [9.17, 15) is 9.18 Å². The van der Waals surface area contributed by atoms with E-state index in [-0.39, 0.29) is 17.9 Å². The molecule has 4 rings (SSSR count). The van der Waals surface area contributed by atoms with Crippen LogP contribution in [0.4, 0.5) is 10.1 Å². The molecule has 1 amide bonds. The normalized spacial score (nSPS) is 15.7. The SMILES string of the molecule is Cc1cccc(C)c1N[C@H]1c2ncccc2C(=O)N1Cc1ccc(F)cc1. The van der Waals surface area contributed by atoms with Gasteiger partial charge in [-0.2, -0.15) is 0 Å². The van der Waals surface area contributed by atoms with E-state index in [1.54, 1.807) is 35.4 Å². The summed E-state index contributed by atoms with van der Waals surface area (Å²) >= 11 is 0. The van der Waals surface area contributed by atoms with Crippen LogP contribution in [0.2, 0.25) is 0 Å². The number of pyridine rings is 1. The molecule has 1 N–H and O–H groups in total. The average molecular weight is 361 g/mol. The molecule has 0 radical (unpaired) electrons. The first-order chi connectivity index (χ1) is 13.0.